The second kappa shape index (κ2) is 16.5. The Morgan fingerprint density at radius 1 is 0.700 bits per heavy atom. The predicted molar refractivity (Wildman–Crippen MR) is 21.3 cm³/mol. The molecule has 0 bridgehead atoms. The van der Waals surface area contributed by atoms with Crippen molar-refractivity contribution in [1.82, 2.24) is 0 Å². The van der Waals surface area contributed by atoms with Gasteiger partial charge in [0.2, 0.25) is 0 Å². The van der Waals surface area contributed by atoms with Crippen molar-refractivity contribution in [3.63, 3.8) is 0 Å². The molecule has 0 rings (SSSR count). The van der Waals surface area contributed by atoms with Gasteiger partial charge in [0.05, 0.1) is 0 Å². The molecule has 0 unspecified atom stereocenters. The van der Waals surface area contributed by atoms with E-state index in [0.29, 0.717) is 0 Å². The molecule has 0 aromatic carbocycles. The summed E-state index contributed by atoms with van der Waals surface area (Å²) in [7, 11) is 0. The van der Waals surface area contributed by atoms with Crippen LogP contribution in [0.5, 0.6) is 0 Å². The quantitative estimate of drug-likeness (QED) is 0.468. The molecule has 0 aromatic heterocycles. The van der Waals surface area contributed by atoms with Gasteiger partial charge in [-0.05, 0) is 0 Å². The molecule has 6 nitrogen and oxygen atoms in total. The molecular weight excluding hydrogens is 398 g/mol. The van der Waals surface area contributed by atoms with Crippen molar-refractivity contribution in [3.05, 3.63) is 0 Å². The van der Waals surface area contributed by atoms with Crippen LogP contribution in [0.15, 0.2) is 0 Å². The predicted octanol–water partition coefficient (Wildman–Crippen LogP) is 0.445. The zero-order chi connectivity index (χ0) is 7.15. The van der Waals surface area contributed by atoms with Crippen LogP contribution >= 0.6 is 0 Å². The van der Waals surface area contributed by atoms with Gasteiger partial charge in [-0.3, -0.25) is 0 Å². The number of rotatable bonds is 0. The van der Waals surface area contributed by atoms with E-state index in [1.165, 1.54) is 0 Å². The first kappa shape index (κ1) is 22.4. The molecule has 0 aromatic rings. The normalized spacial score (nSPS) is 4.80. The van der Waals surface area contributed by atoms with Crippen molar-refractivity contribution in [2.45, 2.75) is 0 Å². The third-order valence-electron chi connectivity index (χ3n) is 0. The average Bonchev–Trinajstić information content (AvgIpc) is 1.25. The summed E-state index contributed by atoms with van der Waals surface area (Å²) < 4.78 is 0. The van der Waals surface area contributed by atoms with E-state index < -0.39 is 12.3 Å². The van der Waals surface area contributed by atoms with Crippen molar-refractivity contribution < 1.29 is 101 Å². The van der Waals surface area contributed by atoms with Crippen LogP contribution in [-0.2, 0) is 0 Å². The molecule has 0 aliphatic rings. The molecule has 10 heavy (non-hydrogen) atoms. The molecule has 0 saturated heterocycles. The Hall–Kier alpha value is 0.930. The van der Waals surface area contributed by atoms with E-state index in [9.17, 15) is 0 Å². The van der Waals surface area contributed by atoms with E-state index >= 15 is 0 Å². The number of hydrogen-bond donors (Lipinski definition) is 4. The van der Waals surface area contributed by atoms with Crippen molar-refractivity contribution in [2.75, 3.05) is 0 Å². The van der Waals surface area contributed by atoms with Crippen LogP contribution in [0.25, 0.3) is 0 Å². The molecule has 8 heteroatoms. The molecule has 0 amide bonds. The molecular formula is C2H4La2O6. The Morgan fingerprint density at radius 2 is 0.700 bits per heavy atom. The van der Waals surface area contributed by atoms with Crippen LogP contribution < -0.4 is 0 Å². The zero-order valence-electron chi connectivity index (χ0n) is 4.76. The van der Waals surface area contributed by atoms with E-state index in [2.05, 4.69) is 0 Å². The Balaban J connectivity index is -0.0000000300. The molecule has 0 atom stereocenters. The molecule has 0 aliphatic heterocycles. The topological polar surface area (TPSA) is 115 Å². The van der Waals surface area contributed by atoms with Crippen LogP contribution in [0.2, 0.25) is 0 Å². The van der Waals surface area contributed by atoms with Gasteiger partial charge in [0.25, 0.3) is 0 Å². The second-order valence-electron chi connectivity index (χ2n) is 0.565. The minimum atomic E-state index is -1.83. The largest absolute Gasteiger partial charge is 0.503 e. The van der Waals surface area contributed by atoms with Gasteiger partial charge in [-0.2, -0.15) is 0 Å². The molecule has 0 fully saturated rings. The van der Waals surface area contributed by atoms with Crippen molar-refractivity contribution in [3.8, 4) is 0 Å². The second-order valence-corrected chi connectivity index (χ2v) is 0.565. The smallest absolute Gasteiger partial charge is 0.450 e. The van der Waals surface area contributed by atoms with Gasteiger partial charge in [0.15, 0.2) is 0 Å². The number of carboxylic acid groups (broad SMARTS) is 4. The Labute approximate surface area is 112 Å². The maximum absolute atomic E-state index is 8.56. The summed E-state index contributed by atoms with van der Waals surface area (Å²) in [5.74, 6) is 0. The molecule has 4 N–H and O–H groups in total. The average molecular weight is 402 g/mol. The van der Waals surface area contributed by atoms with Crippen molar-refractivity contribution in [2.24, 2.45) is 0 Å². The summed E-state index contributed by atoms with van der Waals surface area (Å²) in [5, 5.41) is 27.9. The molecule has 54 valence electrons. The fourth-order valence-corrected chi connectivity index (χ4v) is 0. The van der Waals surface area contributed by atoms with E-state index in [4.69, 9.17) is 30.0 Å². The summed E-state index contributed by atoms with van der Waals surface area (Å²) in [6, 6.07) is 0. The molecule has 0 spiro atoms. The first-order chi connectivity index (χ1) is 3.46. The maximum Gasteiger partial charge on any atom is 0.503 e. The fraction of sp³-hybridized carbons (Fsp3) is 0. The van der Waals surface area contributed by atoms with E-state index in [0.717, 1.165) is 0 Å². The zero-order valence-corrected chi connectivity index (χ0v) is 12.0. The minimum Gasteiger partial charge on any atom is -0.450 e. The van der Waals surface area contributed by atoms with Gasteiger partial charge < -0.3 is 20.4 Å². The third-order valence-corrected chi connectivity index (χ3v) is 0. The SMILES string of the molecule is O=C(O)O.O=C(O)O.[La].[La]. The van der Waals surface area contributed by atoms with Crippen molar-refractivity contribution in [1.29, 1.82) is 0 Å². The third kappa shape index (κ3) is 650. The van der Waals surface area contributed by atoms with Crippen LogP contribution in [0, 0.1) is 71.2 Å². The van der Waals surface area contributed by atoms with E-state index in [-0.39, 0.29) is 71.2 Å². The standard InChI is InChI=1S/2CH2O3.2La/c2*2-1(3)4;;/h2*(H2,2,3,4);;. The van der Waals surface area contributed by atoms with Gasteiger partial charge in [-0.25, -0.2) is 9.59 Å². The molecule has 0 heterocycles. The van der Waals surface area contributed by atoms with Gasteiger partial charge in [0, 0.05) is 71.2 Å². The molecule has 0 aliphatic carbocycles. The van der Waals surface area contributed by atoms with Crippen LogP contribution in [0.1, 0.15) is 0 Å². The Kier molecular flexibility index (Phi) is 37.0. The first-order valence-corrected chi connectivity index (χ1v) is 1.30. The Bertz CT molecular complexity index is 71.7. The number of carbonyl (C=O) groups is 2. The summed E-state index contributed by atoms with van der Waals surface area (Å²) in [6.07, 6.45) is -3.67. The minimum absolute atomic E-state index is 0. The first-order valence-electron chi connectivity index (χ1n) is 1.30. The summed E-state index contributed by atoms with van der Waals surface area (Å²) in [5.41, 5.74) is 0. The summed E-state index contributed by atoms with van der Waals surface area (Å²) in [4.78, 5) is 17.1. The van der Waals surface area contributed by atoms with Crippen LogP contribution in [0.3, 0.4) is 0 Å². The summed E-state index contributed by atoms with van der Waals surface area (Å²) >= 11 is 0. The summed E-state index contributed by atoms with van der Waals surface area (Å²) in [6.45, 7) is 0. The fourth-order valence-electron chi connectivity index (χ4n) is 0. The van der Waals surface area contributed by atoms with Gasteiger partial charge in [-0.1, -0.05) is 0 Å². The van der Waals surface area contributed by atoms with E-state index in [1.54, 1.807) is 0 Å². The molecule has 2 radical (unpaired) electrons. The van der Waals surface area contributed by atoms with Gasteiger partial charge in [-0.15, -0.1) is 0 Å². The molecule has 0 saturated carbocycles. The van der Waals surface area contributed by atoms with Crippen LogP contribution in [-0.4, -0.2) is 32.7 Å². The monoisotopic (exact) mass is 402 g/mol. The van der Waals surface area contributed by atoms with Crippen molar-refractivity contribution >= 4 is 12.3 Å². The van der Waals surface area contributed by atoms with E-state index in [1.807, 2.05) is 0 Å². The Morgan fingerprint density at radius 3 is 0.700 bits per heavy atom. The maximum atomic E-state index is 8.56. The van der Waals surface area contributed by atoms with Gasteiger partial charge >= 0.3 is 12.3 Å². The number of hydrogen-bond acceptors (Lipinski definition) is 2. The van der Waals surface area contributed by atoms with Gasteiger partial charge in [0.1, 0.15) is 0 Å². The van der Waals surface area contributed by atoms with Crippen LogP contribution in [0.4, 0.5) is 9.59 Å².